The number of rotatable bonds is 10. The summed E-state index contributed by atoms with van der Waals surface area (Å²) in [5.74, 6) is -1.94. The summed E-state index contributed by atoms with van der Waals surface area (Å²) >= 11 is 0. The molecule has 0 aromatic heterocycles. The zero-order valence-corrected chi connectivity index (χ0v) is 20.6. The molecule has 3 rings (SSSR count). The predicted molar refractivity (Wildman–Crippen MR) is 127 cm³/mol. The van der Waals surface area contributed by atoms with Gasteiger partial charge in [-0.25, -0.2) is 0 Å². The SMILES string of the molecule is COC(C)(C)O[C@H](CC(=O)NCc1ccc(-c2ccccc2OC(F)(F)F)cc1)C(=O)N1CCCC1. The van der Waals surface area contributed by atoms with Gasteiger partial charge in [0.15, 0.2) is 5.79 Å². The molecule has 36 heavy (non-hydrogen) atoms. The molecule has 1 aliphatic heterocycles. The Balaban J connectivity index is 1.62. The van der Waals surface area contributed by atoms with Crippen molar-refractivity contribution in [2.24, 2.45) is 0 Å². The maximum absolute atomic E-state index is 12.9. The lowest BCUT2D eigenvalue weighted by molar-refractivity contribution is -0.274. The largest absolute Gasteiger partial charge is 0.573 e. The zero-order valence-electron chi connectivity index (χ0n) is 20.6. The van der Waals surface area contributed by atoms with Crippen molar-refractivity contribution < 1.29 is 37.0 Å². The number of alkyl halides is 3. The topological polar surface area (TPSA) is 77.1 Å². The Morgan fingerprint density at radius 1 is 1.03 bits per heavy atom. The first-order valence-corrected chi connectivity index (χ1v) is 11.7. The fourth-order valence-electron chi connectivity index (χ4n) is 3.87. The molecule has 1 heterocycles. The highest BCUT2D eigenvalue weighted by Crippen LogP contribution is 2.33. The quantitative estimate of drug-likeness (QED) is 0.473. The van der Waals surface area contributed by atoms with Gasteiger partial charge in [0.05, 0.1) is 6.42 Å². The molecule has 1 aliphatic rings. The number of hydrogen-bond acceptors (Lipinski definition) is 5. The van der Waals surface area contributed by atoms with Crippen LogP contribution in [0, 0.1) is 0 Å². The molecule has 2 aromatic carbocycles. The van der Waals surface area contributed by atoms with Crippen molar-refractivity contribution in [3.63, 3.8) is 0 Å². The van der Waals surface area contributed by atoms with Crippen LogP contribution < -0.4 is 10.1 Å². The molecule has 2 aromatic rings. The highest BCUT2D eigenvalue weighted by atomic mass is 19.4. The first kappa shape index (κ1) is 27.5. The highest BCUT2D eigenvalue weighted by Gasteiger charge is 2.34. The van der Waals surface area contributed by atoms with E-state index in [0.29, 0.717) is 24.2 Å². The third-order valence-corrected chi connectivity index (χ3v) is 5.85. The van der Waals surface area contributed by atoms with Crippen molar-refractivity contribution in [2.75, 3.05) is 20.2 Å². The van der Waals surface area contributed by atoms with Crippen LogP contribution in [0.1, 0.15) is 38.7 Å². The number of carbonyl (C=O) groups is 2. The molecule has 1 atom stereocenters. The van der Waals surface area contributed by atoms with E-state index in [1.165, 1.54) is 25.3 Å². The second-order valence-electron chi connectivity index (χ2n) is 8.96. The molecule has 10 heteroatoms. The number of benzene rings is 2. The Bertz CT molecular complexity index is 1030. The minimum Gasteiger partial charge on any atom is -0.405 e. The summed E-state index contributed by atoms with van der Waals surface area (Å²) in [5.41, 5.74) is 1.57. The van der Waals surface area contributed by atoms with Gasteiger partial charge in [-0.2, -0.15) is 0 Å². The van der Waals surface area contributed by atoms with Crippen molar-refractivity contribution in [2.45, 2.75) is 57.9 Å². The molecule has 2 amide bonds. The van der Waals surface area contributed by atoms with Crippen LogP contribution >= 0.6 is 0 Å². The Morgan fingerprint density at radius 3 is 2.28 bits per heavy atom. The first-order valence-electron chi connectivity index (χ1n) is 11.7. The van der Waals surface area contributed by atoms with Crippen molar-refractivity contribution in [3.8, 4) is 16.9 Å². The van der Waals surface area contributed by atoms with Gasteiger partial charge in [-0.05, 0) is 43.9 Å². The number of hydrogen-bond donors (Lipinski definition) is 1. The second-order valence-corrected chi connectivity index (χ2v) is 8.96. The van der Waals surface area contributed by atoms with Gasteiger partial charge in [0.25, 0.3) is 5.91 Å². The van der Waals surface area contributed by atoms with E-state index < -0.39 is 18.3 Å². The smallest absolute Gasteiger partial charge is 0.405 e. The Labute approximate surface area is 208 Å². The molecule has 7 nitrogen and oxygen atoms in total. The monoisotopic (exact) mass is 508 g/mol. The molecule has 0 spiro atoms. The third-order valence-electron chi connectivity index (χ3n) is 5.85. The Morgan fingerprint density at radius 2 is 1.67 bits per heavy atom. The summed E-state index contributed by atoms with van der Waals surface area (Å²) in [6.07, 6.45) is -4.10. The van der Waals surface area contributed by atoms with Crippen LogP contribution in [-0.2, 0) is 25.6 Å². The summed E-state index contributed by atoms with van der Waals surface area (Å²) in [7, 11) is 1.47. The maximum Gasteiger partial charge on any atom is 0.573 e. The Hall–Kier alpha value is -3.11. The molecule has 196 valence electrons. The molecule has 1 saturated heterocycles. The van der Waals surface area contributed by atoms with Crippen LogP contribution in [0.15, 0.2) is 48.5 Å². The summed E-state index contributed by atoms with van der Waals surface area (Å²) < 4.78 is 53.4. The van der Waals surface area contributed by atoms with Crippen LogP contribution in [0.2, 0.25) is 0 Å². The van der Waals surface area contributed by atoms with Gasteiger partial charge in [-0.15, -0.1) is 13.2 Å². The zero-order chi connectivity index (χ0) is 26.3. The van der Waals surface area contributed by atoms with E-state index in [4.69, 9.17) is 9.47 Å². The molecule has 0 radical (unpaired) electrons. The van der Waals surface area contributed by atoms with Crippen LogP contribution in [0.4, 0.5) is 13.2 Å². The van der Waals surface area contributed by atoms with Crippen molar-refractivity contribution >= 4 is 11.8 Å². The number of ether oxygens (including phenoxy) is 3. The minimum atomic E-state index is -4.80. The number of methoxy groups -OCH3 is 1. The van der Waals surface area contributed by atoms with Crippen molar-refractivity contribution in [3.05, 3.63) is 54.1 Å². The second kappa shape index (κ2) is 11.7. The average molecular weight is 509 g/mol. The molecule has 0 bridgehead atoms. The van der Waals surface area contributed by atoms with Gasteiger partial charge in [-0.1, -0.05) is 42.5 Å². The van der Waals surface area contributed by atoms with E-state index >= 15 is 0 Å². The number of nitrogens with zero attached hydrogens (tertiary/aromatic N) is 1. The predicted octanol–water partition coefficient (Wildman–Crippen LogP) is 4.65. The number of nitrogens with one attached hydrogen (secondary N) is 1. The third kappa shape index (κ3) is 7.96. The molecule has 0 saturated carbocycles. The number of amides is 2. The van der Waals surface area contributed by atoms with Crippen LogP contribution in [0.25, 0.3) is 11.1 Å². The van der Waals surface area contributed by atoms with E-state index in [0.717, 1.165) is 18.4 Å². The molecular formula is C26H31F3N2O5. The summed E-state index contributed by atoms with van der Waals surface area (Å²) in [6, 6.07) is 12.6. The van der Waals surface area contributed by atoms with Gasteiger partial charge in [0.1, 0.15) is 11.9 Å². The van der Waals surface area contributed by atoms with Crippen LogP contribution in [0.5, 0.6) is 5.75 Å². The lowest BCUT2D eigenvalue weighted by Crippen LogP contribution is -2.45. The number of carbonyl (C=O) groups excluding carboxylic acids is 2. The summed E-state index contributed by atoms with van der Waals surface area (Å²) in [6.45, 7) is 4.80. The summed E-state index contributed by atoms with van der Waals surface area (Å²) in [4.78, 5) is 27.3. The van der Waals surface area contributed by atoms with E-state index in [2.05, 4.69) is 10.1 Å². The van der Waals surface area contributed by atoms with Gasteiger partial charge in [-0.3, -0.25) is 9.59 Å². The van der Waals surface area contributed by atoms with E-state index in [1.54, 1.807) is 49.1 Å². The van der Waals surface area contributed by atoms with Gasteiger partial charge < -0.3 is 24.4 Å². The molecule has 1 fully saturated rings. The average Bonchev–Trinajstić information content (AvgIpc) is 3.36. The van der Waals surface area contributed by atoms with E-state index in [-0.39, 0.29) is 30.5 Å². The van der Waals surface area contributed by atoms with Crippen LogP contribution in [0.3, 0.4) is 0 Å². The minimum absolute atomic E-state index is 0.164. The van der Waals surface area contributed by atoms with Crippen molar-refractivity contribution in [1.82, 2.24) is 10.2 Å². The van der Waals surface area contributed by atoms with Gasteiger partial charge >= 0.3 is 6.36 Å². The number of likely N-dealkylation sites (tertiary alicyclic amines) is 1. The Kier molecular flexibility index (Phi) is 8.97. The van der Waals surface area contributed by atoms with Crippen molar-refractivity contribution in [1.29, 1.82) is 0 Å². The summed E-state index contributed by atoms with van der Waals surface area (Å²) in [5, 5.41) is 2.78. The normalized spacial score (nSPS) is 15.0. The van der Waals surface area contributed by atoms with E-state index in [9.17, 15) is 22.8 Å². The van der Waals surface area contributed by atoms with Crippen LogP contribution in [-0.4, -0.2) is 55.2 Å². The maximum atomic E-state index is 12.9. The number of halogens is 3. The first-order chi connectivity index (χ1) is 17.0. The lowest BCUT2D eigenvalue weighted by Gasteiger charge is -2.31. The molecular weight excluding hydrogens is 477 g/mol. The molecule has 1 N–H and O–H groups in total. The van der Waals surface area contributed by atoms with Gasteiger partial charge in [0, 0.05) is 32.3 Å². The fraction of sp³-hybridized carbons (Fsp3) is 0.462. The van der Waals surface area contributed by atoms with E-state index in [1.807, 2.05) is 0 Å². The fourth-order valence-corrected chi connectivity index (χ4v) is 3.87. The standard InChI is InChI=1S/C26H31F3N2O5/c1-25(2,34-3)35-22(24(33)31-14-6-7-15-31)16-23(32)30-17-18-10-12-19(13-11-18)20-8-4-5-9-21(20)36-26(27,28)29/h4-5,8-13,22H,6-7,14-17H2,1-3H3,(H,30,32)/t22-/m1/s1. The number of para-hydroxylation sites is 1. The molecule has 0 unspecified atom stereocenters. The van der Waals surface area contributed by atoms with Gasteiger partial charge in [0.2, 0.25) is 5.91 Å². The molecule has 0 aliphatic carbocycles. The highest BCUT2D eigenvalue weighted by molar-refractivity contribution is 5.87. The lowest BCUT2D eigenvalue weighted by atomic mass is 10.0.